The number of anilines is 1. The molecule has 2 atom stereocenters. The molecule has 11 nitrogen and oxygen atoms in total. The highest BCUT2D eigenvalue weighted by Crippen LogP contribution is 2.38. The molecule has 1 saturated carbocycles. The molecule has 5 heterocycles. The number of nitrogens with zero attached hydrogens (tertiary/aromatic N) is 5. The number of sulfonamides is 1. The monoisotopic (exact) mass is 615 g/mol. The smallest absolute Gasteiger partial charge is 0.329 e. The Bertz CT molecular complexity index is 1810. The first-order chi connectivity index (χ1) is 20.4. The van der Waals surface area contributed by atoms with Crippen LogP contribution in [0, 0.1) is 12.8 Å². The van der Waals surface area contributed by atoms with Gasteiger partial charge in [-0.1, -0.05) is 0 Å². The number of pyridine rings is 2. The molecule has 0 bridgehead atoms. The zero-order valence-electron chi connectivity index (χ0n) is 24.5. The van der Waals surface area contributed by atoms with Crippen LogP contribution in [0.3, 0.4) is 0 Å². The van der Waals surface area contributed by atoms with Crippen LogP contribution in [0.4, 0.5) is 14.6 Å². The lowest BCUT2D eigenvalue weighted by Gasteiger charge is -2.28. The van der Waals surface area contributed by atoms with Crippen LogP contribution >= 0.6 is 0 Å². The summed E-state index contributed by atoms with van der Waals surface area (Å²) in [6, 6.07) is 8.64. The van der Waals surface area contributed by atoms with Gasteiger partial charge in [0.2, 0.25) is 10.0 Å². The van der Waals surface area contributed by atoms with E-state index >= 15 is 0 Å². The number of alkyl halides is 2. The molecule has 1 saturated heterocycles. The summed E-state index contributed by atoms with van der Waals surface area (Å²) < 4.78 is 61.4. The van der Waals surface area contributed by atoms with Gasteiger partial charge in [0.25, 0.3) is 5.91 Å². The Labute approximate surface area is 248 Å². The number of piperidine rings is 1. The number of rotatable bonds is 9. The van der Waals surface area contributed by atoms with E-state index in [1.54, 1.807) is 18.2 Å². The maximum Gasteiger partial charge on any atom is 0.329 e. The van der Waals surface area contributed by atoms with Crippen molar-refractivity contribution in [2.24, 2.45) is 5.92 Å². The topological polar surface area (TPSA) is 123 Å². The van der Waals surface area contributed by atoms with Gasteiger partial charge in [0.05, 0.1) is 24.8 Å². The summed E-state index contributed by atoms with van der Waals surface area (Å²) in [6.45, 7) is 2.03. The number of nitrogens with one attached hydrogen (secondary N) is 2. The second-order valence-electron chi connectivity index (χ2n) is 11.6. The van der Waals surface area contributed by atoms with Gasteiger partial charge in [-0.05, 0) is 69.7 Å². The van der Waals surface area contributed by atoms with E-state index in [4.69, 9.17) is 9.72 Å². The fourth-order valence-electron chi connectivity index (χ4n) is 5.79. The van der Waals surface area contributed by atoms with E-state index in [-0.39, 0.29) is 22.1 Å². The Balaban J connectivity index is 1.43. The quantitative estimate of drug-likeness (QED) is 0.274. The number of ether oxygens (including phenoxy) is 1. The molecule has 230 valence electrons. The lowest BCUT2D eigenvalue weighted by molar-refractivity contribution is 0.0927. The summed E-state index contributed by atoms with van der Waals surface area (Å²) in [7, 11) is -2.73. The molecule has 0 aromatic carbocycles. The summed E-state index contributed by atoms with van der Waals surface area (Å²) in [5.41, 5.74) is 3.44. The average Bonchev–Trinajstić information content (AvgIpc) is 3.62. The van der Waals surface area contributed by atoms with Crippen molar-refractivity contribution < 1.29 is 26.7 Å². The molecule has 0 unspecified atom stereocenters. The molecule has 1 aliphatic carbocycles. The van der Waals surface area contributed by atoms with Crippen LogP contribution in [0.25, 0.3) is 28.1 Å². The van der Waals surface area contributed by atoms with Crippen molar-refractivity contribution in [3.63, 3.8) is 0 Å². The third kappa shape index (κ3) is 5.65. The minimum atomic E-state index is -4.26. The van der Waals surface area contributed by atoms with Crippen LogP contribution in [0.2, 0.25) is 0 Å². The number of amides is 1. The van der Waals surface area contributed by atoms with Gasteiger partial charge in [0.15, 0.2) is 5.88 Å². The first-order valence-corrected chi connectivity index (χ1v) is 16.2. The number of aromatic nitrogens is 4. The van der Waals surface area contributed by atoms with Gasteiger partial charge in [-0.15, -0.1) is 0 Å². The normalized spacial score (nSPS) is 19.3. The van der Waals surface area contributed by atoms with Gasteiger partial charge in [-0.2, -0.15) is 13.1 Å². The molecule has 0 radical (unpaired) electrons. The Morgan fingerprint density at radius 1 is 1.19 bits per heavy atom. The van der Waals surface area contributed by atoms with Crippen LogP contribution in [-0.4, -0.2) is 71.8 Å². The summed E-state index contributed by atoms with van der Waals surface area (Å²) in [5.74, 6) is 0.275. The Hall–Kier alpha value is -3.78. The van der Waals surface area contributed by atoms with Gasteiger partial charge in [-0.3, -0.25) is 9.20 Å². The number of hydrogen-bond donors (Lipinski definition) is 2. The molecule has 2 N–H and O–H groups in total. The molecule has 2 aliphatic rings. The molecule has 4 aromatic rings. The Morgan fingerprint density at radius 2 is 1.95 bits per heavy atom. The van der Waals surface area contributed by atoms with Gasteiger partial charge in [0.1, 0.15) is 22.8 Å². The second kappa shape index (κ2) is 11.1. The number of hydrogen-bond acceptors (Lipinski definition) is 7. The van der Waals surface area contributed by atoms with E-state index in [0.29, 0.717) is 64.6 Å². The molecule has 2 fully saturated rings. The van der Waals surface area contributed by atoms with Crippen molar-refractivity contribution in [3.05, 3.63) is 41.6 Å². The highest BCUT2D eigenvalue weighted by Gasteiger charge is 2.31. The average molecular weight is 616 g/mol. The fourth-order valence-corrected chi connectivity index (χ4v) is 6.52. The predicted molar refractivity (Wildman–Crippen MR) is 159 cm³/mol. The number of fused-ring (bicyclic) bond motifs is 2. The van der Waals surface area contributed by atoms with E-state index in [1.165, 1.54) is 13.2 Å². The molecule has 0 spiro atoms. The van der Waals surface area contributed by atoms with Crippen LogP contribution in [-0.2, 0) is 16.6 Å². The SMILES string of the molecule is COc1cc(C(=O)N[C@@H]2CC[C@@H](C)NC2)cc2nc(-c3cc4ccc(N(C(F)F)S(C)(=O)=O)nc4n3CC3CC3)c(C)n12. The van der Waals surface area contributed by atoms with E-state index in [0.717, 1.165) is 37.6 Å². The minimum Gasteiger partial charge on any atom is -0.482 e. The summed E-state index contributed by atoms with van der Waals surface area (Å²) >= 11 is 0. The van der Waals surface area contributed by atoms with Crippen molar-refractivity contribution in [2.45, 2.75) is 64.7 Å². The van der Waals surface area contributed by atoms with Crippen molar-refractivity contribution >= 4 is 38.4 Å². The largest absolute Gasteiger partial charge is 0.482 e. The van der Waals surface area contributed by atoms with Crippen molar-refractivity contribution in [3.8, 4) is 17.3 Å². The van der Waals surface area contributed by atoms with Gasteiger partial charge in [0, 0.05) is 42.2 Å². The number of imidazole rings is 1. The standard InChI is InChI=1S/C29H35F2N7O4S/c1-16-5-9-21(14-32-16)33-28(39)20-12-24-34-26(17(2)37(24)25(13-20)42-3)22-11-19-8-10-23(38(29(30)31)43(4,40)41)35-27(19)36(22)15-18-6-7-18/h8,10-13,16,18,21,29,32H,5-7,9,14-15H2,1-4H3,(H,33,39)/t16-,21-/m1/s1. The number of aryl methyl sites for hydroxylation is 1. The highest BCUT2D eigenvalue weighted by atomic mass is 32.2. The maximum atomic E-state index is 13.8. The van der Waals surface area contributed by atoms with Crippen molar-refractivity contribution in [2.75, 3.05) is 24.2 Å². The predicted octanol–water partition coefficient (Wildman–Crippen LogP) is 3.94. The highest BCUT2D eigenvalue weighted by molar-refractivity contribution is 7.92. The van der Waals surface area contributed by atoms with Crippen molar-refractivity contribution in [1.82, 2.24) is 29.6 Å². The Kier molecular flexibility index (Phi) is 7.53. The molecule has 43 heavy (non-hydrogen) atoms. The second-order valence-corrected chi connectivity index (χ2v) is 13.4. The molecule has 1 aliphatic heterocycles. The number of carbonyl (C=O) groups excluding carboxylic acids is 1. The molecule has 4 aromatic heterocycles. The van der Waals surface area contributed by atoms with Crippen LogP contribution < -0.4 is 19.7 Å². The lowest BCUT2D eigenvalue weighted by atomic mass is 10.0. The van der Waals surface area contributed by atoms with E-state index < -0.39 is 16.6 Å². The summed E-state index contributed by atoms with van der Waals surface area (Å²) in [6.07, 6.45) is 4.66. The first kappa shape index (κ1) is 29.3. The Morgan fingerprint density at radius 3 is 2.58 bits per heavy atom. The van der Waals surface area contributed by atoms with Gasteiger partial charge < -0.3 is 19.9 Å². The third-order valence-electron chi connectivity index (χ3n) is 8.25. The van der Waals surface area contributed by atoms with E-state index in [9.17, 15) is 22.0 Å². The zero-order chi connectivity index (χ0) is 30.6. The van der Waals surface area contributed by atoms with E-state index in [1.807, 2.05) is 22.0 Å². The number of carbonyl (C=O) groups is 1. The summed E-state index contributed by atoms with van der Waals surface area (Å²) in [4.78, 5) is 22.6. The molecule has 6 rings (SSSR count). The zero-order valence-corrected chi connectivity index (χ0v) is 25.3. The molecular weight excluding hydrogens is 580 g/mol. The molecule has 14 heteroatoms. The molecule has 1 amide bonds. The van der Waals surface area contributed by atoms with Crippen molar-refractivity contribution in [1.29, 1.82) is 0 Å². The number of halogens is 2. The van der Waals surface area contributed by atoms with Gasteiger partial charge in [-0.25, -0.2) is 18.4 Å². The first-order valence-electron chi connectivity index (χ1n) is 14.3. The number of methoxy groups -OCH3 is 1. The van der Waals surface area contributed by atoms with Crippen LogP contribution in [0.5, 0.6) is 5.88 Å². The van der Waals surface area contributed by atoms with Gasteiger partial charge >= 0.3 is 6.55 Å². The minimum absolute atomic E-state index is 0.0259. The van der Waals surface area contributed by atoms with E-state index in [2.05, 4.69) is 22.5 Å². The van der Waals surface area contributed by atoms with Crippen LogP contribution in [0.1, 0.15) is 48.7 Å². The van der Waals surface area contributed by atoms with Crippen LogP contribution in [0.15, 0.2) is 30.3 Å². The maximum absolute atomic E-state index is 13.8. The summed E-state index contributed by atoms with van der Waals surface area (Å²) in [5, 5.41) is 7.17. The fraction of sp³-hybridized carbons (Fsp3) is 0.483. The third-order valence-corrected chi connectivity index (χ3v) is 9.32. The molecular formula is C29H35F2N7O4S. The lowest BCUT2D eigenvalue weighted by Crippen LogP contribution is -2.48.